The molecule has 0 aromatic heterocycles. The van der Waals surface area contributed by atoms with E-state index >= 15 is 0 Å². The summed E-state index contributed by atoms with van der Waals surface area (Å²) in [6, 6.07) is 8.01. The molecule has 1 fully saturated rings. The van der Waals surface area contributed by atoms with Crippen LogP contribution < -0.4 is 10.1 Å². The van der Waals surface area contributed by atoms with Crippen LogP contribution in [0.25, 0.3) is 0 Å². The average molecular weight is 318 g/mol. The van der Waals surface area contributed by atoms with Gasteiger partial charge in [-0.3, -0.25) is 9.59 Å². The van der Waals surface area contributed by atoms with Crippen LogP contribution in [0.1, 0.15) is 32.8 Å². The van der Waals surface area contributed by atoms with Gasteiger partial charge in [-0.25, -0.2) is 0 Å². The number of hydrogen-bond acceptors (Lipinski definition) is 3. The number of likely N-dealkylation sites (tertiary alicyclic amines) is 1. The van der Waals surface area contributed by atoms with Crippen molar-refractivity contribution in [2.24, 2.45) is 5.92 Å². The SMILES string of the molecule is CCOc1ccccc1CCNC(=O)[C@@H]1CC(=O)N(C(C)C)C1. The first-order valence-electron chi connectivity index (χ1n) is 8.30. The Bertz CT molecular complexity index is 557. The fraction of sp³-hybridized carbons (Fsp3) is 0.556. The third kappa shape index (κ3) is 4.47. The van der Waals surface area contributed by atoms with E-state index in [0.29, 0.717) is 26.1 Å². The van der Waals surface area contributed by atoms with Crippen LogP contribution in [0.4, 0.5) is 0 Å². The smallest absolute Gasteiger partial charge is 0.225 e. The first kappa shape index (κ1) is 17.3. The van der Waals surface area contributed by atoms with Crippen LogP contribution in [0.2, 0.25) is 0 Å². The van der Waals surface area contributed by atoms with Crippen LogP contribution >= 0.6 is 0 Å². The Morgan fingerprint density at radius 1 is 1.39 bits per heavy atom. The third-order valence-corrected chi connectivity index (χ3v) is 4.12. The summed E-state index contributed by atoms with van der Waals surface area (Å²) in [6.45, 7) is 7.60. The minimum atomic E-state index is -0.230. The molecule has 1 aliphatic rings. The molecule has 1 aromatic carbocycles. The summed E-state index contributed by atoms with van der Waals surface area (Å²) >= 11 is 0. The number of para-hydroxylation sites is 1. The van der Waals surface area contributed by atoms with Crippen LogP contribution in [-0.2, 0) is 16.0 Å². The molecule has 1 aliphatic heterocycles. The van der Waals surface area contributed by atoms with Crippen molar-refractivity contribution < 1.29 is 14.3 Å². The molecule has 1 N–H and O–H groups in total. The minimum absolute atomic E-state index is 0.0320. The van der Waals surface area contributed by atoms with E-state index in [9.17, 15) is 9.59 Å². The number of nitrogens with zero attached hydrogens (tertiary/aromatic N) is 1. The lowest BCUT2D eigenvalue weighted by Gasteiger charge is -2.20. The topological polar surface area (TPSA) is 58.6 Å². The number of rotatable bonds is 7. The molecule has 23 heavy (non-hydrogen) atoms. The summed E-state index contributed by atoms with van der Waals surface area (Å²) in [5.41, 5.74) is 1.08. The highest BCUT2D eigenvalue weighted by Crippen LogP contribution is 2.21. The second kappa shape index (κ2) is 7.99. The van der Waals surface area contributed by atoms with E-state index in [1.165, 1.54) is 0 Å². The van der Waals surface area contributed by atoms with Gasteiger partial charge < -0.3 is 15.0 Å². The molecule has 0 radical (unpaired) electrons. The van der Waals surface area contributed by atoms with Gasteiger partial charge in [0.25, 0.3) is 0 Å². The molecule has 5 heteroatoms. The molecule has 0 spiro atoms. The Balaban J connectivity index is 1.83. The van der Waals surface area contributed by atoms with Crippen LogP contribution in [0, 0.1) is 5.92 Å². The Morgan fingerprint density at radius 3 is 2.78 bits per heavy atom. The quantitative estimate of drug-likeness (QED) is 0.836. The minimum Gasteiger partial charge on any atom is -0.494 e. The summed E-state index contributed by atoms with van der Waals surface area (Å²) in [5.74, 6) is 0.676. The number of carbonyl (C=O) groups is 2. The Kier molecular flexibility index (Phi) is 6.02. The standard InChI is InChI=1S/C18H26N2O3/c1-4-23-16-8-6-5-7-14(16)9-10-19-18(22)15-11-17(21)20(12-15)13(2)3/h5-8,13,15H,4,9-12H2,1-3H3,(H,19,22)/t15-/m1/s1. The molecule has 2 amide bonds. The second-order valence-corrected chi connectivity index (χ2v) is 6.12. The van der Waals surface area contributed by atoms with Crippen molar-refractivity contribution in [2.75, 3.05) is 19.7 Å². The number of carbonyl (C=O) groups excluding carboxylic acids is 2. The van der Waals surface area contributed by atoms with Crippen molar-refractivity contribution in [2.45, 2.75) is 39.7 Å². The van der Waals surface area contributed by atoms with Crippen molar-refractivity contribution in [3.8, 4) is 5.75 Å². The summed E-state index contributed by atoms with van der Waals surface area (Å²) in [7, 11) is 0. The third-order valence-electron chi connectivity index (χ3n) is 4.12. The predicted octanol–water partition coefficient (Wildman–Crippen LogP) is 2.00. The van der Waals surface area contributed by atoms with Crippen molar-refractivity contribution in [3.05, 3.63) is 29.8 Å². The van der Waals surface area contributed by atoms with Crippen LogP contribution in [0.15, 0.2) is 24.3 Å². The van der Waals surface area contributed by atoms with Gasteiger partial charge in [-0.05, 0) is 38.8 Å². The molecule has 1 atom stereocenters. The summed E-state index contributed by atoms with van der Waals surface area (Å²) in [5, 5.41) is 2.95. The number of ether oxygens (including phenoxy) is 1. The Hall–Kier alpha value is -2.04. The van der Waals surface area contributed by atoms with Gasteiger partial charge in [0.2, 0.25) is 11.8 Å². The molecule has 1 heterocycles. The molecule has 1 aromatic rings. The lowest BCUT2D eigenvalue weighted by molar-refractivity contribution is -0.129. The van der Waals surface area contributed by atoms with Gasteiger partial charge in [-0.2, -0.15) is 0 Å². The summed E-state index contributed by atoms with van der Waals surface area (Å²) in [4.78, 5) is 25.9. The summed E-state index contributed by atoms with van der Waals surface area (Å²) in [6.07, 6.45) is 1.04. The molecule has 0 saturated carbocycles. The second-order valence-electron chi connectivity index (χ2n) is 6.12. The molecule has 0 aliphatic carbocycles. The largest absolute Gasteiger partial charge is 0.494 e. The number of nitrogens with one attached hydrogen (secondary N) is 1. The molecule has 0 bridgehead atoms. The molecule has 2 rings (SSSR count). The van der Waals surface area contributed by atoms with Crippen molar-refractivity contribution in [1.29, 1.82) is 0 Å². The maximum absolute atomic E-state index is 12.2. The van der Waals surface area contributed by atoms with E-state index < -0.39 is 0 Å². The lowest BCUT2D eigenvalue weighted by Crippen LogP contribution is -2.36. The van der Waals surface area contributed by atoms with Gasteiger partial charge in [0.15, 0.2) is 0 Å². The van der Waals surface area contributed by atoms with Crippen molar-refractivity contribution in [1.82, 2.24) is 10.2 Å². The van der Waals surface area contributed by atoms with Crippen molar-refractivity contribution >= 4 is 11.8 Å². The first-order chi connectivity index (χ1) is 11.0. The van der Waals surface area contributed by atoms with Crippen LogP contribution in [0.3, 0.4) is 0 Å². The van der Waals surface area contributed by atoms with E-state index in [0.717, 1.165) is 17.7 Å². The van der Waals surface area contributed by atoms with E-state index in [2.05, 4.69) is 5.32 Å². The van der Waals surface area contributed by atoms with Gasteiger partial charge >= 0.3 is 0 Å². The highest BCUT2D eigenvalue weighted by molar-refractivity contribution is 5.89. The fourth-order valence-electron chi connectivity index (χ4n) is 2.88. The van der Waals surface area contributed by atoms with Crippen LogP contribution in [0.5, 0.6) is 5.75 Å². The van der Waals surface area contributed by atoms with Gasteiger partial charge in [-0.1, -0.05) is 18.2 Å². The number of hydrogen-bond donors (Lipinski definition) is 1. The van der Waals surface area contributed by atoms with E-state index in [4.69, 9.17) is 4.74 Å². The average Bonchev–Trinajstić information content (AvgIpc) is 2.91. The van der Waals surface area contributed by atoms with Gasteiger partial charge in [0, 0.05) is 25.6 Å². The predicted molar refractivity (Wildman–Crippen MR) is 89.3 cm³/mol. The monoisotopic (exact) mass is 318 g/mol. The normalized spacial score (nSPS) is 17.7. The molecular weight excluding hydrogens is 292 g/mol. The van der Waals surface area contributed by atoms with E-state index in [-0.39, 0.29) is 23.8 Å². The Labute approximate surface area is 138 Å². The van der Waals surface area contributed by atoms with Crippen LogP contribution in [-0.4, -0.2) is 42.5 Å². The molecule has 1 saturated heterocycles. The van der Waals surface area contributed by atoms with Gasteiger partial charge in [-0.15, -0.1) is 0 Å². The zero-order chi connectivity index (χ0) is 16.8. The Morgan fingerprint density at radius 2 is 2.13 bits per heavy atom. The van der Waals surface area contributed by atoms with E-state index in [1.54, 1.807) is 4.90 Å². The van der Waals surface area contributed by atoms with Gasteiger partial charge in [0.05, 0.1) is 12.5 Å². The van der Waals surface area contributed by atoms with E-state index in [1.807, 2.05) is 45.0 Å². The highest BCUT2D eigenvalue weighted by Gasteiger charge is 2.35. The highest BCUT2D eigenvalue weighted by atomic mass is 16.5. The molecular formula is C18H26N2O3. The zero-order valence-electron chi connectivity index (χ0n) is 14.2. The molecule has 126 valence electrons. The van der Waals surface area contributed by atoms with Gasteiger partial charge in [0.1, 0.15) is 5.75 Å². The fourth-order valence-corrected chi connectivity index (χ4v) is 2.88. The maximum Gasteiger partial charge on any atom is 0.225 e. The first-order valence-corrected chi connectivity index (χ1v) is 8.30. The lowest BCUT2D eigenvalue weighted by atomic mass is 10.1. The summed E-state index contributed by atoms with van der Waals surface area (Å²) < 4.78 is 5.58. The molecule has 0 unspecified atom stereocenters. The number of amides is 2. The van der Waals surface area contributed by atoms with Crippen molar-refractivity contribution in [3.63, 3.8) is 0 Å². The number of benzene rings is 1. The maximum atomic E-state index is 12.2. The zero-order valence-corrected chi connectivity index (χ0v) is 14.2. The molecule has 5 nitrogen and oxygen atoms in total.